The Bertz CT molecular complexity index is 482. The van der Waals surface area contributed by atoms with E-state index >= 15 is 0 Å². The lowest BCUT2D eigenvalue weighted by molar-refractivity contribution is -0.151. The number of carbonyl (C=O) groups excluding carboxylic acids is 2. The highest BCUT2D eigenvalue weighted by Crippen LogP contribution is 2.25. The molecule has 1 aliphatic heterocycles. The number of nitrogens with zero attached hydrogens (tertiary/aromatic N) is 1. The first-order chi connectivity index (χ1) is 9.61. The Labute approximate surface area is 129 Å². The fourth-order valence-corrected chi connectivity index (χ4v) is 2.39. The summed E-state index contributed by atoms with van der Waals surface area (Å²) >= 11 is 0. The summed E-state index contributed by atoms with van der Waals surface area (Å²) in [5.41, 5.74) is 0.694. The van der Waals surface area contributed by atoms with Gasteiger partial charge in [-0.25, -0.2) is 9.18 Å². The third kappa shape index (κ3) is 4.51. The molecule has 0 N–H and O–H groups in total. The van der Waals surface area contributed by atoms with Crippen LogP contribution in [0, 0.1) is 5.82 Å². The van der Waals surface area contributed by atoms with Crippen molar-refractivity contribution < 1.29 is 18.7 Å². The maximum absolute atomic E-state index is 13.0. The SMILES string of the molecule is CCOC(=O)[C@@H](c1ccc(F)cc1)N1CCC(=O)CC1.Cl. The Balaban J connectivity index is 0.00000220. The van der Waals surface area contributed by atoms with Crippen molar-refractivity contribution in [2.45, 2.75) is 25.8 Å². The van der Waals surface area contributed by atoms with Crippen molar-refractivity contribution in [1.29, 1.82) is 0 Å². The number of benzene rings is 1. The molecule has 6 heteroatoms. The molecule has 0 saturated carbocycles. The van der Waals surface area contributed by atoms with Crippen LogP contribution in [0.1, 0.15) is 31.4 Å². The van der Waals surface area contributed by atoms with Crippen LogP contribution in [0.4, 0.5) is 4.39 Å². The molecule has 0 aromatic heterocycles. The van der Waals surface area contributed by atoms with Crippen molar-refractivity contribution in [3.8, 4) is 0 Å². The summed E-state index contributed by atoms with van der Waals surface area (Å²) in [7, 11) is 0. The van der Waals surface area contributed by atoms with Gasteiger partial charge in [-0.15, -0.1) is 12.4 Å². The number of likely N-dealkylation sites (tertiary alicyclic amines) is 1. The fraction of sp³-hybridized carbons (Fsp3) is 0.467. The summed E-state index contributed by atoms with van der Waals surface area (Å²) < 4.78 is 18.1. The zero-order chi connectivity index (χ0) is 14.5. The van der Waals surface area contributed by atoms with E-state index in [0.29, 0.717) is 38.1 Å². The lowest BCUT2D eigenvalue weighted by atomic mass is 10.0. The molecule has 0 unspecified atom stereocenters. The number of hydrogen-bond acceptors (Lipinski definition) is 4. The van der Waals surface area contributed by atoms with E-state index in [1.807, 2.05) is 4.90 Å². The van der Waals surface area contributed by atoms with E-state index in [1.165, 1.54) is 12.1 Å². The highest BCUT2D eigenvalue weighted by Gasteiger charge is 2.31. The summed E-state index contributed by atoms with van der Waals surface area (Å²) in [6, 6.07) is 5.28. The summed E-state index contributed by atoms with van der Waals surface area (Å²) in [5, 5.41) is 0. The van der Waals surface area contributed by atoms with Crippen LogP contribution in [0.15, 0.2) is 24.3 Å². The minimum atomic E-state index is -0.566. The van der Waals surface area contributed by atoms with Crippen LogP contribution in [0.5, 0.6) is 0 Å². The molecular weight excluding hydrogens is 297 g/mol. The van der Waals surface area contributed by atoms with E-state index in [9.17, 15) is 14.0 Å². The Kier molecular flexibility index (Phi) is 6.78. The smallest absolute Gasteiger partial charge is 0.327 e. The molecule has 0 radical (unpaired) electrons. The molecule has 0 spiro atoms. The van der Waals surface area contributed by atoms with Crippen LogP contribution < -0.4 is 0 Å². The lowest BCUT2D eigenvalue weighted by Gasteiger charge is -2.32. The largest absolute Gasteiger partial charge is 0.465 e. The molecule has 2 rings (SSSR count). The summed E-state index contributed by atoms with van der Waals surface area (Å²) in [6.07, 6.45) is 0.883. The molecule has 0 amide bonds. The van der Waals surface area contributed by atoms with Crippen LogP contribution in [0.25, 0.3) is 0 Å². The zero-order valence-corrected chi connectivity index (χ0v) is 12.7. The second kappa shape index (κ2) is 8.10. The van der Waals surface area contributed by atoms with Gasteiger partial charge in [0.1, 0.15) is 17.6 Å². The Morgan fingerprint density at radius 2 is 1.86 bits per heavy atom. The molecule has 1 atom stereocenters. The standard InChI is InChI=1S/C15H18FNO3.ClH/c1-2-20-15(19)14(11-3-5-12(16)6-4-11)17-9-7-13(18)8-10-17;/h3-6,14H,2,7-10H2,1H3;1H/t14-;/m1./s1. The van der Waals surface area contributed by atoms with E-state index in [0.717, 1.165) is 0 Å². The predicted octanol–water partition coefficient (Wildman–Crippen LogP) is 2.52. The lowest BCUT2D eigenvalue weighted by Crippen LogP contribution is -2.41. The van der Waals surface area contributed by atoms with Crippen molar-refractivity contribution in [2.24, 2.45) is 0 Å². The third-order valence-corrected chi connectivity index (χ3v) is 3.42. The number of halogens is 2. The monoisotopic (exact) mass is 315 g/mol. The van der Waals surface area contributed by atoms with Gasteiger partial charge < -0.3 is 4.74 Å². The number of esters is 1. The van der Waals surface area contributed by atoms with Crippen LogP contribution >= 0.6 is 12.4 Å². The Morgan fingerprint density at radius 3 is 2.38 bits per heavy atom. The van der Waals surface area contributed by atoms with Gasteiger partial charge in [0.15, 0.2) is 0 Å². The second-order valence-electron chi connectivity index (χ2n) is 4.78. The van der Waals surface area contributed by atoms with Gasteiger partial charge in [-0.3, -0.25) is 9.69 Å². The molecule has 1 heterocycles. The minimum absolute atomic E-state index is 0. The number of rotatable bonds is 4. The number of Topliss-reactive ketones (excluding diaryl/α,β-unsaturated/α-hetero) is 1. The Hall–Kier alpha value is -1.46. The van der Waals surface area contributed by atoms with Gasteiger partial charge in [0.25, 0.3) is 0 Å². The van der Waals surface area contributed by atoms with Crippen LogP contribution in [-0.2, 0) is 14.3 Å². The molecule has 0 aliphatic carbocycles. The quantitative estimate of drug-likeness (QED) is 0.801. The van der Waals surface area contributed by atoms with Crippen molar-refractivity contribution in [1.82, 2.24) is 4.90 Å². The van der Waals surface area contributed by atoms with Gasteiger partial charge in [-0.2, -0.15) is 0 Å². The zero-order valence-electron chi connectivity index (χ0n) is 11.9. The van der Waals surface area contributed by atoms with Gasteiger partial charge in [0, 0.05) is 25.9 Å². The summed E-state index contributed by atoms with van der Waals surface area (Å²) in [5.74, 6) is -0.485. The normalized spacial score (nSPS) is 17.0. The van der Waals surface area contributed by atoms with Crippen molar-refractivity contribution in [3.63, 3.8) is 0 Å². The maximum Gasteiger partial charge on any atom is 0.327 e. The van der Waals surface area contributed by atoms with E-state index in [-0.39, 0.29) is 30.0 Å². The number of ketones is 1. The number of carbonyl (C=O) groups is 2. The van der Waals surface area contributed by atoms with Crippen molar-refractivity contribution >= 4 is 24.2 Å². The van der Waals surface area contributed by atoms with Crippen molar-refractivity contribution in [3.05, 3.63) is 35.6 Å². The van der Waals surface area contributed by atoms with Gasteiger partial charge in [-0.05, 0) is 24.6 Å². The van der Waals surface area contributed by atoms with E-state index in [1.54, 1.807) is 19.1 Å². The van der Waals surface area contributed by atoms with Crippen LogP contribution in [-0.4, -0.2) is 36.3 Å². The molecular formula is C15H19ClFNO3. The van der Waals surface area contributed by atoms with Gasteiger partial charge in [0.2, 0.25) is 0 Å². The second-order valence-corrected chi connectivity index (χ2v) is 4.78. The molecule has 0 bridgehead atoms. The topological polar surface area (TPSA) is 46.6 Å². The average molecular weight is 316 g/mol. The van der Waals surface area contributed by atoms with Crippen LogP contribution in [0.2, 0.25) is 0 Å². The summed E-state index contributed by atoms with van der Waals surface area (Å²) in [6.45, 7) is 3.10. The maximum atomic E-state index is 13.0. The highest BCUT2D eigenvalue weighted by molar-refractivity contribution is 5.85. The highest BCUT2D eigenvalue weighted by atomic mass is 35.5. The molecule has 1 fully saturated rings. The fourth-order valence-electron chi connectivity index (χ4n) is 2.39. The molecule has 1 aromatic carbocycles. The molecule has 21 heavy (non-hydrogen) atoms. The van der Waals surface area contributed by atoms with Gasteiger partial charge in [-0.1, -0.05) is 12.1 Å². The molecule has 4 nitrogen and oxygen atoms in total. The number of hydrogen-bond donors (Lipinski definition) is 0. The Morgan fingerprint density at radius 1 is 1.29 bits per heavy atom. The first-order valence-corrected chi connectivity index (χ1v) is 6.79. The first-order valence-electron chi connectivity index (χ1n) is 6.79. The average Bonchev–Trinajstić information content (AvgIpc) is 2.44. The third-order valence-electron chi connectivity index (χ3n) is 3.42. The van der Waals surface area contributed by atoms with Crippen LogP contribution in [0.3, 0.4) is 0 Å². The van der Waals surface area contributed by atoms with E-state index < -0.39 is 6.04 Å². The van der Waals surface area contributed by atoms with Crippen molar-refractivity contribution in [2.75, 3.05) is 19.7 Å². The predicted molar refractivity (Wildman–Crippen MR) is 78.8 cm³/mol. The molecule has 1 aliphatic rings. The van der Waals surface area contributed by atoms with E-state index in [2.05, 4.69) is 0 Å². The summed E-state index contributed by atoms with van der Waals surface area (Å²) in [4.78, 5) is 25.4. The molecule has 1 saturated heterocycles. The van der Waals surface area contributed by atoms with Gasteiger partial charge >= 0.3 is 5.97 Å². The van der Waals surface area contributed by atoms with Gasteiger partial charge in [0.05, 0.1) is 6.61 Å². The molecule has 1 aromatic rings. The first kappa shape index (κ1) is 17.6. The number of ether oxygens (including phenoxy) is 1. The van der Waals surface area contributed by atoms with E-state index in [4.69, 9.17) is 4.74 Å². The molecule has 116 valence electrons. The number of piperidine rings is 1. The minimum Gasteiger partial charge on any atom is -0.465 e.